The summed E-state index contributed by atoms with van der Waals surface area (Å²) in [6.45, 7) is 2.82. The first-order valence-corrected chi connectivity index (χ1v) is 5.75. The molecule has 5 heteroatoms. The SMILES string of the molecule is Cc1nn(C)cc1C1CN=C(N)N1C1CC1. The van der Waals surface area contributed by atoms with Crippen LogP contribution in [0.15, 0.2) is 11.2 Å². The average molecular weight is 219 g/mol. The average Bonchev–Trinajstić information content (AvgIpc) is 2.91. The molecule has 0 amide bonds. The molecule has 0 radical (unpaired) electrons. The van der Waals surface area contributed by atoms with Crippen LogP contribution in [0.1, 0.15) is 30.1 Å². The third-order valence-electron chi connectivity index (χ3n) is 3.38. The van der Waals surface area contributed by atoms with Crippen LogP contribution in [0.5, 0.6) is 0 Å². The van der Waals surface area contributed by atoms with Crippen LogP contribution >= 0.6 is 0 Å². The fourth-order valence-electron chi connectivity index (χ4n) is 2.50. The number of hydrogen-bond acceptors (Lipinski definition) is 4. The van der Waals surface area contributed by atoms with Crippen molar-refractivity contribution in [2.75, 3.05) is 6.54 Å². The van der Waals surface area contributed by atoms with Crippen LogP contribution < -0.4 is 5.73 Å². The lowest BCUT2D eigenvalue weighted by Crippen LogP contribution is -2.37. The van der Waals surface area contributed by atoms with Gasteiger partial charge >= 0.3 is 0 Å². The summed E-state index contributed by atoms with van der Waals surface area (Å²) in [6, 6.07) is 0.914. The van der Waals surface area contributed by atoms with E-state index in [0.717, 1.165) is 12.2 Å². The van der Waals surface area contributed by atoms with E-state index in [0.29, 0.717) is 18.0 Å². The summed E-state index contributed by atoms with van der Waals surface area (Å²) in [5.41, 5.74) is 8.30. The highest BCUT2D eigenvalue weighted by atomic mass is 15.4. The number of aryl methyl sites for hydroxylation is 2. The fraction of sp³-hybridized carbons (Fsp3) is 0.636. The van der Waals surface area contributed by atoms with E-state index in [1.807, 2.05) is 11.7 Å². The molecule has 0 spiro atoms. The third-order valence-corrected chi connectivity index (χ3v) is 3.38. The lowest BCUT2D eigenvalue weighted by molar-refractivity contribution is 0.337. The Kier molecular flexibility index (Phi) is 1.96. The first-order chi connectivity index (χ1) is 7.66. The van der Waals surface area contributed by atoms with Gasteiger partial charge in [-0.2, -0.15) is 5.10 Å². The highest BCUT2D eigenvalue weighted by molar-refractivity contribution is 5.81. The van der Waals surface area contributed by atoms with Gasteiger partial charge in [-0.15, -0.1) is 0 Å². The summed E-state index contributed by atoms with van der Waals surface area (Å²) in [5.74, 6) is 0.704. The van der Waals surface area contributed by atoms with Crippen LogP contribution in [0, 0.1) is 6.92 Å². The maximum absolute atomic E-state index is 5.95. The zero-order chi connectivity index (χ0) is 11.3. The highest BCUT2D eigenvalue weighted by Crippen LogP contribution is 2.37. The molecule has 1 aromatic heterocycles. The van der Waals surface area contributed by atoms with Crippen molar-refractivity contribution < 1.29 is 0 Å². The number of guanidine groups is 1. The van der Waals surface area contributed by atoms with E-state index in [4.69, 9.17) is 5.73 Å². The molecule has 1 aliphatic heterocycles. The van der Waals surface area contributed by atoms with Crippen molar-refractivity contribution in [2.45, 2.75) is 31.8 Å². The van der Waals surface area contributed by atoms with Gasteiger partial charge < -0.3 is 10.6 Å². The van der Waals surface area contributed by atoms with Gasteiger partial charge in [0.2, 0.25) is 0 Å². The predicted molar refractivity (Wildman–Crippen MR) is 62.0 cm³/mol. The standard InChI is InChI=1S/C11H17N5/c1-7-9(6-15(2)14-7)10-5-13-11(12)16(10)8-3-4-8/h6,8,10H,3-5H2,1-2H3,(H2,12,13). The minimum absolute atomic E-state index is 0.307. The van der Waals surface area contributed by atoms with Crippen molar-refractivity contribution in [3.05, 3.63) is 17.5 Å². The van der Waals surface area contributed by atoms with Crippen LogP contribution in [0.25, 0.3) is 0 Å². The van der Waals surface area contributed by atoms with E-state index in [2.05, 4.69) is 28.1 Å². The van der Waals surface area contributed by atoms with E-state index >= 15 is 0 Å². The number of aliphatic imine (C=N–C) groups is 1. The minimum Gasteiger partial charge on any atom is -0.370 e. The smallest absolute Gasteiger partial charge is 0.192 e. The summed E-state index contributed by atoms with van der Waals surface area (Å²) < 4.78 is 1.87. The zero-order valence-corrected chi connectivity index (χ0v) is 9.72. The molecule has 2 heterocycles. The van der Waals surface area contributed by atoms with Crippen molar-refractivity contribution >= 4 is 5.96 Å². The molecule has 16 heavy (non-hydrogen) atoms. The summed E-state index contributed by atoms with van der Waals surface area (Å²) in [7, 11) is 1.96. The summed E-state index contributed by atoms with van der Waals surface area (Å²) in [5, 5.41) is 4.39. The lowest BCUT2D eigenvalue weighted by Gasteiger charge is -2.25. The summed E-state index contributed by atoms with van der Waals surface area (Å²) >= 11 is 0. The monoisotopic (exact) mass is 219 g/mol. The van der Waals surface area contributed by atoms with Gasteiger partial charge in [0.1, 0.15) is 0 Å². The molecule has 0 saturated heterocycles. The predicted octanol–water partition coefficient (Wildman–Crippen LogP) is 0.562. The van der Waals surface area contributed by atoms with Crippen LogP contribution in [-0.4, -0.2) is 33.2 Å². The van der Waals surface area contributed by atoms with Crippen molar-refractivity contribution in [1.82, 2.24) is 14.7 Å². The second-order valence-electron chi connectivity index (χ2n) is 4.70. The van der Waals surface area contributed by atoms with Gasteiger partial charge in [0.05, 0.1) is 18.3 Å². The molecule has 1 fully saturated rings. The van der Waals surface area contributed by atoms with E-state index in [1.165, 1.54) is 18.4 Å². The number of rotatable bonds is 2. The topological polar surface area (TPSA) is 59.4 Å². The quantitative estimate of drug-likeness (QED) is 0.790. The van der Waals surface area contributed by atoms with Crippen molar-refractivity contribution in [3.8, 4) is 0 Å². The molecule has 1 aromatic rings. The second-order valence-corrected chi connectivity index (χ2v) is 4.70. The molecule has 86 valence electrons. The van der Waals surface area contributed by atoms with Crippen LogP contribution in [0.3, 0.4) is 0 Å². The maximum Gasteiger partial charge on any atom is 0.192 e. The van der Waals surface area contributed by atoms with Crippen molar-refractivity contribution in [3.63, 3.8) is 0 Å². The molecule has 5 nitrogen and oxygen atoms in total. The molecule has 1 aliphatic carbocycles. The molecule has 3 rings (SSSR count). The molecular weight excluding hydrogens is 202 g/mol. The highest BCUT2D eigenvalue weighted by Gasteiger charge is 2.39. The zero-order valence-electron chi connectivity index (χ0n) is 9.72. The molecule has 1 unspecified atom stereocenters. The normalized spacial score (nSPS) is 25.0. The Balaban J connectivity index is 1.92. The molecule has 0 aromatic carbocycles. The van der Waals surface area contributed by atoms with E-state index in [9.17, 15) is 0 Å². The number of nitrogens with zero attached hydrogens (tertiary/aromatic N) is 4. The van der Waals surface area contributed by atoms with E-state index < -0.39 is 0 Å². The summed E-state index contributed by atoms with van der Waals surface area (Å²) in [6.07, 6.45) is 4.57. The van der Waals surface area contributed by atoms with Crippen molar-refractivity contribution in [1.29, 1.82) is 0 Å². The van der Waals surface area contributed by atoms with Gasteiger partial charge in [-0.05, 0) is 19.8 Å². The van der Waals surface area contributed by atoms with Gasteiger partial charge in [0.15, 0.2) is 5.96 Å². The molecule has 1 atom stereocenters. The Labute approximate surface area is 94.9 Å². The first kappa shape index (κ1) is 9.69. The minimum atomic E-state index is 0.307. The van der Waals surface area contributed by atoms with E-state index in [1.54, 1.807) is 0 Å². The third kappa shape index (κ3) is 1.38. The first-order valence-electron chi connectivity index (χ1n) is 5.75. The Morgan fingerprint density at radius 1 is 1.44 bits per heavy atom. The van der Waals surface area contributed by atoms with Gasteiger partial charge in [0, 0.05) is 24.8 Å². The number of aromatic nitrogens is 2. The molecule has 1 saturated carbocycles. The molecular formula is C11H17N5. The summed E-state index contributed by atoms with van der Waals surface area (Å²) in [4.78, 5) is 6.64. The van der Waals surface area contributed by atoms with Crippen molar-refractivity contribution in [2.24, 2.45) is 17.8 Å². The molecule has 0 bridgehead atoms. The van der Waals surface area contributed by atoms with E-state index in [-0.39, 0.29) is 0 Å². The largest absolute Gasteiger partial charge is 0.370 e. The number of nitrogens with two attached hydrogens (primary N) is 1. The molecule has 2 N–H and O–H groups in total. The van der Waals surface area contributed by atoms with Gasteiger partial charge in [0.25, 0.3) is 0 Å². The fourth-order valence-corrected chi connectivity index (χ4v) is 2.50. The van der Waals surface area contributed by atoms with Gasteiger partial charge in [-0.1, -0.05) is 0 Å². The number of hydrogen-bond donors (Lipinski definition) is 1. The Bertz CT molecular complexity index is 443. The van der Waals surface area contributed by atoms with Crippen LogP contribution in [-0.2, 0) is 7.05 Å². The Morgan fingerprint density at radius 3 is 2.75 bits per heavy atom. The lowest BCUT2D eigenvalue weighted by atomic mass is 10.1. The Morgan fingerprint density at radius 2 is 2.19 bits per heavy atom. The molecule has 2 aliphatic rings. The van der Waals surface area contributed by atoms with Crippen LogP contribution in [0.4, 0.5) is 0 Å². The van der Waals surface area contributed by atoms with Gasteiger partial charge in [-0.25, -0.2) is 0 Å². The maximum atomic E-state index is 5.95. The van der Waals surface area contributed by atoms with Crippen LogP contribution in [0.2, 0.25) is 0 Å². The van der Waals surface area contributed by atoms with Gasteiger partial charge in [-0.3, -0.25) is 9.67 Å². The Hall–Kier alpha value is -1.52. The second kappa shape index (κ2) is 3.23.